The highest BCUT2D eigenvalue weighted by atomic mass is 16.5. The number of hydrogen-bond acceptors (Lipinski definition) is 4. The average Bonchev–Trinajstić information content (AvgIpc) is 3.37. The Hall–Kier alpha value is -2.96. The molecule has 1 heterocycles. The molecule has 0 aliphatic heterocycles. The lowest BCUT2D eigenvalue weighted by molar-refractivity contribution is 0.0706. The summed E-state index contributed by atoms with van der Waals surface area (Å²) in [6.07, 6.45) is 5.12. The highest BCUT2D eigenvalue weighted by molar-refractivity contribution is 5.93. The largest absolute Gasteiger partial charge is 0.309 e. The van der Waals surface area contributed by atoms with Crippen molar-refractivity contribution < 1.29 is 10.0 Å². The maximum atomic E-state index is 11.3. The van der Waals surface area contributed by atoms with E-state index >= 15 is 0 Å². The normalized spacial score (nSPS) is 18.3. The van der Waals surface area contributed by atoms with Crippen molar-refractivity contribution in [2.45, 2.75) is 31.5 Å². The molecule has 1 aromatic heterocycles. The molecule has 6 nitrogen and oxygen atoms in total. The zero-order valence-corrected chi connectivity index (χ0v) is 14.9. The van der Waals surface area contributed by atoms with Crippen LogP contribution in [0.2, 0.25) is 0 Å². The van der Waals surface area contributed by atoms with Crippen LogP contribution >= 0.6 is 0 Å². The Morgan fingerprint density at radius 1 is 1.11 bits per heavy atom. The predicted molar refractivity (Wildman–Crippen MR) is 101 cm³/mol. The minimum absolute atomic E-state index is 0.420. The summed E-state index contributed by atoms with van der Waals surface area (Å²) in [5, 5.41) is 16.7. The van der Waals surface area contributed by atoms with Crippen molar-refractivity contribution in [2.24, 2.45) is 0 Å². The van der Waals surface area contributed by atoms with Gasteiger partial charge in [0.25, 0.3) is 5.91 Å². The number of hydrogen-bond donors (Lipinski definition) is 3. The van der Waals surface area contributed by atoms with Crippen LogP contribution in [0.1, 0.15) is 39.4 Å². The SMILES string of the molecule is O=C(NO)c1ccc(Cn2cc(CNC3CC3c3ccccc3)cn2)cc1. The smallest absolute Gasteiger partial charge is 0.274 e. The third kappa shape index (κ3) is 4.24. The Morgan fingerprint density at radius 3 is 2.63 bits per heavy atom. The van der Waals surface area contributed by atoms with Gasteiger partial charge in [0.05, 0.1) is 12.7 Å². The van der Waals surface area contributed by atoms with Gasteiger partial charge in [-0.2, -0.15) is 5.10 Å². The first-order valence-electron chi connectivity index (χ1n) is 9.06. The summed E-state index contributed by atoms with van der Waals surface area (Å²) >= 11 is 0. The molecule has 6 heteroatoms. The standard InChI is InChI=1S/C21H22N4O2/c26-21(24-27)18-8-6-15(7-9-18)13-25-14-16(12-23-25)11-22-20-10-19(20)17-4-2-1-3-5-17/h1-9,12,14,19-20,22,27H,10-11,13H2,(H,24,26). The van der Waals surface area contributed by atoms with E-state index in [1.54, 1.807) is 17.6 Å². The Kier molecular flexibility index (Phi) is 5.00. The summed E-state index contributed by atoms with van der Waals surface area (Å²) in [5.74, 6) is 0.110. The Morgan fingerprint density at radius 2 is 1.89 bits per heavy atom. The highest BCUT2D eigenvalue weighted by Crippen LogP contribution is 2.40. The molecular formula is C21H22N4O2. The van der Waals surface area contributed by atoms with E-state index in [0.717, 1.165) is 17.7 Å². The van der Waals surface area contributed by atoms with Crippen LogP contribution in [0.4, 0.5) is 0 Å². The number of benzene rings is 2. The molecule has 27 heavy (non-hydrogen) atoms. The van der Waals surface area contributed by atoms with Crippen molar-refractivity contribution in [3.05, 3.63) is 89.2 Å². The molecule has 0 bridgehead atoms. The van der Waals surface area contributed by atoms with Crippen molar-refractivity contribution in [1.82, 2.24) is 20.6 Å². The fourth-order valence-electron chi connectivity index (χ4n) is 3.34. The second kappa shape index (κ2) is 7.73. The summed E-state index contributed by atoms with van der Waals surface area (Å²) in [5.41, 5.74) is 5.66. The quantitative estimate of drug-likeness (QED) is 0.446. The van der Waals surface area contributed by atoms with E-state index in [4.69, 9.17) is 5.21 Å². The second-order valence-corrected chi connectivity index (χ2v) is 6.92. The third-order valence-corrected chi connectivity index (χ3v) is 4.94. The van der Waals surface area contributed by atoms with Gasteiger partial charge in [0.15, 0.2) is 0 Å². The number of carbonyl (C=O) groups excluding carboxylic acids is 1. The summed E-state index contributed by atoms with van der Waals surface area (Å²) in [7, 11) is 0. The molecule has 2 unspecified atom stereocenters. The van der Waals surface area contributed by atoms with Crippen LogP contribution in [0.15, 0.2) is 67.0 Å². The molecule has 0 radical (unpaired) electrons. The molecule has 0 saturated heterocycles. The first-order chi connectivity index (χ1) is 13.2. The van der Waals surface area contributed by atoms with E-state index in [9.17, 15) is 4.79 Å². The van der Waals surface area contributed by atoms with E-state index in [1.807, 2.05) is 29.2 Å². The van der Waals surface area contributed by atoms with Crippen LogP contribution < -0.4 is 10.8 Å². The monoisotopic (exact) mass is 362 g/mol. The zero-order valence-electron chi connectivity index (χ0n) is 14.9. The molecule has 2 aromatic carbocycles. The molecular weight excluding hydrogens is 340 g/mol. The molecule has 1 aliphatic carbocycles. The lowest BCUT2D eigenvalue weighted by atomic mass is 10.1. The Balaban J connectivity index is 1.28. The molecule has 1 fully saturated rings. The van der Waals surface area contributed by atoms with Crippen molar-refractivity contribution in [3.8, 4) is 0 Å². The topological polar surface area (TPSA) is 79.2 Å². The molecule has 3 aromatic rings. The van der Waals surface area contributed by atoms with E-state index in [2.05, 4.69) is 40.7 Å². The van der Waals surface area contributed by atoms with Crippen LogP contribution in [0.3, 0.4) is 0 Å². The summed E-state index contributed by atoms with van der Waals surface area (Å²) in [6.45, 7) is 1.45. The number of amides is 1. The van der Waals surface area contributed by atoms with Gasteiger partial charge in [0.2, 0.25) is 0 Å². The molecule has 0 spiro atoms. The summed E-state index contributed by atoms with van der Waals surface area (Å²) in [4.78, 5) is 11.3. The molecule has 3 N–H and O–H groups in total. The third-order valence-electron chi connectivity index (χ3n) is 4.94. The lowest BCUT2D eigenvalue weighted by Crippen LogP contribution is -2.18. The van der Waals surface area contributed by atoms with Crippen molar-refractivity contribution in [1.29, 1.82) is 0 Å². The van der Waals surface area contributed by atoms with Crippen molar-refractivity contribution in [2.75, 3.05) is 0 Å². The Bertz CT molecular complexity index is 905. The lowest BCUT2D eigenvalue weighted by Gasteiger charge is -2.04. The maximum Gasteiger partial charge on any atom is 0.274 e. The summed E-state index contributed by atoms with van der Waals surface area (Å²) in [6, 6.07) is 18.3. The highest BCUT2D eigenvalue weighted by Gasteiger charge is 2.37. The van der Waals surface area contributed by atoms with Gasteiger partial charge in [-0.3, -0.25) is 14.7 Å². The minimum Gasteiger partial charge on any atom is -0.309 e. The fraction of sp³-hybridized carbons (Fsp3) is 0.238. The molecule has 4 rings (SSSR count). The van der Waals surface area contributed by atoms with Crippen LogP contribution in [0.25, 0.3) is 0 Å². The van der Waals surface area contributed by atoms with Gasteiger partial charge in [-0.25, -0.2) is 5.48 Å². The van der Waals surface area contributed by atoms with Crippen molar-refractivity contribution in [3.63, 3.8) is 0 Å². The van der Waals surface area contributed by atoms with E-state index < -0.39 is 5.91 Å². The van der Waals surface area contributed by atoms with E-state index in [1.165, 1.54) is 12.0 Å². The predicted octanol–water partition coefficient (Wildman–Crippen LogP) is 2.70. The molecule has 2 atom stereocenters. The van der Waals surface area contributed by atoms with Gasteiger partial charge in [-0.15, -0.1) is 0 Å². The second-order valence-electron chi connectivity index (χ2n) is 6.92. The fourth-order valence-corrected chi connectivity index (χ4v) is 3.34. The number of nitrogens with zero attached hydrogens (tertiary/aromatic N) is 2. The first kappa shape index (κ1) is 17.5. The number of carbonyl (C=O) groups is 1. The number of rotatable bonds is 7. The van der Waals surface area contributed by atoms with E-state index in [-0.39, 0.29) is 0 Å². The number of hydroxylamine groups is 1. The van der Waals surface area contributed by atoms with Gasteiger partial charge in [-0.1, -0.05) is 42.5 Å². The molecule has 138 valence electrons. The molecule has 1 amide bonds. The minimum atomic E-state index is -0.511. The van der Waals surface area contributed by atoms with Gasteiger partial charge in [0, 0.05) is 35.8 Å². The Labute approximate surface area is 157 Å². The van der Waals surface area contributed by atoms with Gasteiger partial charge in [0.1, 0.15) is 0 Å². The van der Waals surface area contributed by atoms with Crippen molar-refractivity contribution >= 4 is 5.91 Å². The van der Waals surface area contributed by atoms with Crippen LogP contribution in [-0.2, 0) is 13.1 Å². The first-order valence-corrected chi connectivity index (χ1v) is 9.06. The van der Waals surface area contributed by atoms with Crippen LogP contribution in [-0.4, -0.2) is 26.9 Å². The average molecular weight is 362 g/mol. The molecule has 1 aliphatic rings. The summed E-state index contributed by atoms with van der Waals surface area (Å²) < 4.78 is 1.89. The zero-order chi connectivity index (χ0) is 18.6. The van der Waals surface area contributed by atoms with Gasteiger partial charge >= 0.3 is 0 Å². The maximum absolute atomic E-state index is 11.3. The van der Waals surface area contributed by atoms with Crippen LogP contribution in [0, 0.1) is 0 Å². The van der Waals surface area contributed by atoms with Gasteiger partial charge in [-0.05, 0) is 29.7 Å². The number of aromatic nitrogens is 2. The van der Waals surface area contributed by atoms with Gasteiger partial charge < -0.3 is 5.32 Å². The van der Waals surface area contributed by atoms with E-state index in [0.29, 0.717) is 24.1 Å². The number of nitrogens with one attached hydrogen (secondary N) is 2. The molecule has 1 saturated carbocycles. The van der Waals surface area contributed by atoms with Crippen LogP contribution in [0.5, 0.6) is 0 Å².